The van der Waals surface area contributed by atoms with Crippen LogP contribution >= 0.6 is 0 Å². The van der Waals surface area contributed by atoms with E-state index >= 15 is 0 Å². The molecule has 1 aliphatic heterocycles. The number of anilines is 1. The fourth-order valence-corrected chi connectivity index (χ4v) is 4.65. The van der Waals surface area contributed by atoms with Crippen molar-refractivity contribution in [1.82, 2.24) is 0 Å². The summed E-state index contributed by atoms with van der Waals surface area (Å²) >= 11 is 0. The Bertz CT molecular complexity index is 872. The minimum atomic E-state index is -3.15. The van der Waals surface area contributed by atoms with Gasteiger partial charge >= 0.3 is 0 Å². The van der Waals surface area contributed by atoms with E-state index in [1.165, 1.54) is 5.56 Å². The van der Waals surface area contributed by atoms with E-state index < -0.39 is 9.84 Å². The van der Waals surface area contributed by atoms with E-state index in [2.05, 4.69) is 11.4 Å². The normalized spacial score (nSPS) is 15.5. The van der Waals surface area contributed by atoms with Gasteiger partial charge in [-0.2, -0.15) is 0 Å². The predicted molar refractivity (Wildman–Crippen MR) is 94.9 cm³/mol. The van der Waals surface area contributed by atoms with Crippen molar-refractivity contribution in [3.05, 3.63) is 59.2 Å². The third kappa shape index (κ3) is 3.85. The third-order valence-electron chi connectivity index (χ3n) is 4.26. The van der Waals surface area contributed by atoms with Crippen molar-refractivity contribution < 1.29 is 13.2 Å². The molecular weight excluding hydrogens is 322 g/mol. The molecule has 3 rings (SSSR count). The summed E-state index contributed by atoms with van der Waals surface area (Å²) in [7, 11) is -3.15. The highest BCUT2D eigenvalue weighted by atomic mass is 32.2. The number of rotatable bonds is 4. The molecule has 0 fully saturated rings. The highest BCUT2D eigenvalue weighted by Crippen LogP contribution is 2.27. The van der Waals surface area contributed by atoms with Crippen molar-refractivity contribution in [2.24, 2.45) is 0 Å². The number of carbonyl (C=O) groups excluding carboxylic acids is 1. The van der Waals surface area contributed by atoms with Crippen LogP contribution in [0.2, 0.25) is 0 Å². The van der Waals surface area contributed by atoms with Crippen molar-refractivity contribution in [3.63, 3.8) is 0 Å². The fraction of sp³-hybridized carbons (Fsp3) is 0.316. The lowest BCUT2D eigenvalue weighted by Crippen LogP contribution is -2.17. The van der Waals surface area contributed by atoms with Gasteiger partial charge in [0.05, 0.1) is 10.6 Å². The van der Waals surface area contributed by atoms with Gasteiger partial charge in [0, 0.05) is 12.1 Å². The lowest BCUT2D eigenvalue weighted by Gasteiger charge is -2.17. The summed E-state index contributed by atoms with van der Waals surface area (Å²) in [5.74, 6) is 0.150. The number of hydrogen-bond acceptors (Lipinski definition) is 3. The molecule has 24 heavy (non-hydrogen) atoms. The molecule has 0 saturated carbocycles. The van der Waals surface area contributed by atoms with Gasteiger partial charge in [0.15, 0.2) is 9.84 Å². The molecule has 0 bridgehead atoms. The molecule has 0 unspecified atom stereocenters. The van der Waals surface area contributed by atoms with Crippen molar-refractivity contribution in [3.8, 4) is 0 Å². The van der Waals surface area contributed by atoms with Crippen LogP contribution in [0, 0.1) is 6.92 Å². The van der Waals surface area contributed by atoms with Crippen molar-refractivity contribution in [2.75, 3.05) is 11.1 Å². The highest BCUT2D eigenvalue weighted by Gasteiger charge is 2.23. The van der Waals surface area contributed by atoms with Gasteiger partial charge in [-0.25, -0.2) is 8.42 Å². The van der Waals surface area contributed by atoms with E-state index in [0.29, 0.717) is 29.8 Å². The molecule has 126 valence electrons. The summed E-state index contributed by atoms with van der Waals surface area (Å²) < 4.78 is 24.0. The third-order valence-corrected chi connectivity index (χ3v) is 6.16. The Morgan fingerprint density at radius 1 is 1.17 bits per heavy atom. The van der Waals surface area contributed by atoms with E-state index in [1.807, 2.05) is 25.1 Å². The number of sulfone groups is 1. The number of aryl methyl sites for hydroxylation is 3. The maximum Gasteiger partial charge on any atom is 0.224 e. The molecule has 1 aliphatic rings. The second-order valence-electron chi connectivity index (χ2n) is 6.28. The monoisotopic (exact) mass is 343 g/mol. The van der Waals surface area contributed by atoms with Crippen LogP contribution in [-0.2, 0) is 27.5 Å². The Hall–Kier alpha value is -2.14. The molecule has 5 heteroatoms. The molecule has 0 saturated heterocycles. The van der Waals surface area contributed by atoms with Crippen LogP contribution in [0.5, 0.6) is 0 Å². The quantitative estimate of drug-likeness (QED) is 0.926. The lowest BCUT2D eigenvalue weighted by molar-refractivity contribution is -0.116. The lowest BCUT2D eigenvalue weighted by atomic mass is 10.1. The SMILES string of the molecule is Cc1cccc(CCC(=O)Nc2ccc3c(c2)CCCS3(=O)=O)c1. The minimum Gasteiger partial charge on any atom is -0.326 e. The van der Waals surface area contributed by atoms with Crippen LogP contribution in [0.3, 0.4) is 0 Å². The predicted octanol–water partition coefficient (Wildman–Crippen LogP) is 3.29. The topological polar surface area (TPSA) is 63.2 Å². The molecule has 0 aliphatic carbocycles. The molecule has 1 amide bonds. The summed E-state index contributed by atoms with van der Waals surface area (Å²) in [4.78, 5) is 12.5. The Balaban J connectivity index is 1.65. The first-order valence-electron chi connectivity index (χ1n) is 8.15. The van der Waals surface area contributed by atoms with Gasteiger partial charge in [-0.15, -0.1) is 0 Å². The number of amides is 1. The van der Waals surface area contributed by atoms with Crippen molar-refractivity contribution in [2.45, 2.75) is 37.5 Å². The summed E-state index contributed by atoms with van der Waals surface area (Å²) in [5.41, 5.74) is 3.79. The average Bonchev–Trinajstić information content (AvgIpc) is 2.52. The largest absolute Gasteiger partial charge is 0.326 e. The number of nitrogens with one attached hydrogen (secondary N) is 1. The van der Waals surface area contributed by atoms with Gasteiger partial charge in [-0.3, -0.25) is 4.79 Å². The van der Waals surface area contributed by atoms with Crippen LogP contribution in [-0.4, -0.2) is 20.1 Å². The molecule has 2 aromatic carbocycles. The van der Waals surface area contributed by atoms with E-state index in [4.69, 9.17) is 0 Å². The maximum atomic E-state index is 12.1. The molecule has 1 N–H and O–H groups in total. The van der Waals surface area contributed by atoms with Gasteiger partial charge in [0.2, 0.25) is 5.91 Å². The van der Waals surface area contributed by atoms with Gasteiger partial charge < -0.3 is 5.32 Å². The van der Waals surface area contributed by atoms with Gasteiger partial charge in [-0.1, -0.05) is 29.8 Å². The van der Waals surface area contributed by atoms with Gasteiger partial charge in [0.1, 0.15) is 0 Å². The summed E-state index contributed by atoms with van der Waals surface area (Å²) in [6.07, 6.45) is 2.47. The fourth-order valence-electron chi connectivity index (χ4n) is 3.07. The molecular formula is C19H21NO3S. The zero-order chi connectivity index (χ0) is 17.2. The number of carbonyl (C=O) groups is 1. The highest BCUT2D eigenvalue weighted by molar-refractivity contribution is 7.91. The Morgan fingerprint density at radius 2 is 2.00 bits per heavy atom. The Kier molecular flexibility index (Phi) is 4.71. The van der Waals surface area contributed by atoms with Crippen molar-refractivity contribution >= 4 is 21.4 Å². The molecule has 0 aromatic heterocycles. The molecule has 1 heterocycles. The molecule has 0 atom stereocenters. The van der Waals surface area contributed by atoms with Gasteiger partial charge in [-0.05, 0) is 55.5 Å². The first-order chi connectivity index (χ1) is 11.4. The minimum absolute atomic E-state index is 0.0601. The van der Waals surface area contributed by atoms with E-state index in [1.54, 1.807) is 18.2 Å². The zero-order valence-electron chi connectivity index (χ0n) is 13.7. The molecule has 0 spiro atoms. The van der Waals surface area contributed by atoms with Crippen LogP contribution in [0.15, 0.2) is 47.4 Å². The molecule has 2 aromatic rings. The van der Waals surface area contributed by atoms with Crippen LogP contribution < -0.4 is 5.32 Å². The average molecular weight is 343 g/mol. The van der Waals surface area contributed by atoms with E-state index in [9.17, 15) is 13.2 Å². The van der Waals surface area contributed by atoms with Crippen molar-refractivity contribution in [1.29, 1.82) is 0 Å². The van der Waals surface area contributed by atoms with Crippen LogP contribution in [0.1, 0.15) is 29.5 Å². The summed E-state index contributed by atoms with van der Waals surface area (Å²) in [5, 5.41) is 2.87. The Morgan fingerprint density at radius 3 is 2.79 bits per heavy atom. The smallest absolute Gasteiger partial charge is 0.224 e. The molecule has 0 radical (unpaired) electrons. The first kappa shape index (κ1) is 16.7. The first-order valence-corrected chi connectivity index (χ1v) is 9.80. The van der Waals surface area contributed by atoms with Crippen LogP contribution in [0.4, 0.5) is 5.69 Å². The summed E-state index contributed by atoms with van der Waals surface area (Å²) in [6.45, 7) is 2.03. The van der Waals surface area contributed by atoms with Crippen LogP contribution in [0.25, 0.3) is 0 Å². The Labute approximate surface area is 142 Å². The summed E-state index contributed by atoms with van der Waals surface area (Å²) in [6, 6.07) is 13.2. The zero-order valence-corrected chi connectivity index (χ0v) is 14.5. The second kappa shape index (κ2) is 6.77. The molecule has 4 nitrogen and oxygen atoms in total. The van der Waals surface area contributed by atoms with Gasteiger partial charge in [0.25, 0.3) is 0 Å². The van der Waals surface area contributed by atoms with E-state index in [0.717, 1.165) is 17.5 Å². The van der Waals surface area contributed by atoms with E-state index in [-0.39, 0.29) is 11.7 Å². The second-order valence-corrected chi connectivity index (χ2v) is 8.36. The number of hydrogen-bond donors (Lipinski definition) is 1. The number of benzene rings is 2. The maximum absolute atomic E-state index is 12.1. The standard InChI is InChI=1S/C19H21NO3S/c1-14-4-2-5-15(12-14)7-10-19(21)20-17-8-9-18-16(13-17)6-3-11-24(18,22)23/h2,4-5,8-9,12-13H,3,6-7,10-11H2,1H3,(H,20,21). The number of fused-ring (bicyclic) bond motifs is 1.